The zero-order chi connectivity index (χ0) is 12.1. The van der Waals surface area contributed by atoms with E-state index in [1.807, 2.05) is 6.92 Å². The van der Waals surface area contributed by atoms with Gasteiger partial charge >= 0.3 is 5.97 Å². The maximum absolute atomic E-state index is 11.1. The van der Waals surface area contributed by atoms with Crippen molar-refractivity contribution in [2.75, 3.05) is 6.54 Å². The number of hydrogen-bond acceptors (Lipinski definition) is 3. The minimum absolute atomic E-state index is 0.412. The van der Waals surface area contributed by atoms with Gasteiger partial charge in [-0.1, -0.05) is 6.92 Å². The third-order valence-electron chi connectivity index (χ3n) is 2.22. The van der Waals surface area contributed by atoms with Gasteiger partial charge in [-0.15, -0.1) is 0 Å². The van der Waals surface area contributed by atoms with Crippen LogP contribution in [0.4, 0.5) is 0 Å². The summed E-state index contributed by atoms with van der Waals surface area (Å²) >= 11 is 0. The Balaban J connectivity index is 2.98. The van der Waals surface area contributed by atoms with Crippen LogP contribution in [0.2, 0.25) is 0 Å². The second kappa shape index (κ2) is 5.29. The minimum atomic E-state index is -1.05. The predicted molar refractivity (Wildman–Crippen MR) is 56.6 cm³/mol. The molecule has 0 bridgehead atoms. The summed E-state index contributed by atoms with van der Waals surface area (Å²) in [4.78, 5) is 23.3. The lowest BCUT2D eigenvalue weighted by molar-refractivity contribution is -0.146. The maximum Gasteiger partial charge on any atom is 0.331 e. The van der Waals surface area contributed by atoms with Crippen molar-refractivity contribution in [3.05, 3.63) is 18.0 Å². The van der Waals surface area contributed by atoms with Crippen LogP contribution in [-0.4, -0.2) is 38.7 Å². The van der Waals surface area contributed by atoms with Gasteiger partial charge in [0.2, 0.25) is 6.41 Å². The molecule has 88 valence electrons. The van der Waals surface area contributed by atoms with E-state index < -0.39 is 12.0 Å². The SMILES string of the molecule is CCCN(C=O)C(C(=O)O)c1cnn(C)c1. The molecular formula is C10H15N3O3. The highest BCUT2D eigenvalue weighted by molar-refractivity contribution is 5.78. The summed E-state index contributed by atoms with van der Waals surface area (Å²) < 4.78 is 1.51. The van der Waals surface area contributed by atoms with Gasteiger partial charge in [-0.2, -0.15) is 5.10 Å². The van der Waals surface area contributed by atoms with Crippen LogP contribution in [0.3, 0.4) is 0 Å². The molecule has 0 fully saturated rings. The third kappa shape index (κ3) is 2.59. The first kappa shape index (κ1) is 12.2. The summed E-state index contributed by atoms with van der Waals surface area (Å²) in [7, 11) is 1.70. The normalized spacial score (nSPS) is 12.1. The van der Waals surface area contributed by atoms with Crippen LogP contribution in [0.25, 0.3) is 0 Å². The first-order chi connectivity index (χ1) is 7.60. The molecule has 1 atom stereocenters. The Labute approximate surface area is 93.5 Å². The van der Waals surface area contributed by atoms with Gasteiger partial charge in [0, 0.05) is 25.4 Å². The summed E-state index contributed by atoms with van der Waals surface area (Å²) in [5.41, 5.74) is 0.510. The number of hydrogen-bond donors (Lipinski definition) is 1. The number of aliphatic carboxylic acids is 1. The molecular weight excluding hydrogens is 210 g/mol. The highest BCUT2D eigenvalue weighted by atomic mass is 16.4. The number of aryl methyl sites for hydroxylation is 1. The summed E-state index contributed by atoms with van der Waals surface area (Å²) in [5, 5.41) is 13.0. The lowest BCUT2D eigenvalue weighted by Crippen LogP contribution is -2.33. The van der Waals surface area contributed by atoms with E-state index in [0.29, 0.717) is 24.9 Å². The van der Waals surface area contributed by atoms with Gasteiger partial charge in [0.05, 0.1) is 6.20 Å². The molecule has 6 nitrogen and oxygen atoms in total. The molecule has 0 radical (unpaired) electrons. The van der Waals surface area contributed by atoms with Gasteiger partial charge in [0.25, 0.3) is 0 Å². The first-order valence-corrected chi connectivity index (χ1v) is 5.02. The van der Waals surface area contributed by atoms with E-state index in [-0.39, 0.29) is 0 Å². The predicted octanol–water partition coefficient (Wildman–Crippen LogP) is 0.414. The standard InChI is InChI=1S/C10H15N3O3/c1-3-4-13(7-14)9(10(15)16)8-5-11-12(2)6-8/h5-7,9H,3-4H2,1-2H3,(H,15,16). The molecule has 0 aliphatic carbocycles. The van der Waals surface area contributed by atoms with Crippen LogP contribution in [0.5, 0.6) is 0 Å². The van der Waals surface area contributed by atoms with Crippen molar-refractivity contribution in [2.24, 2.45) is 7.05 Å². The van der Waals surface area contributed by atoms with Crippen LogP contribution < -0.4 is 0 Å². The Morgan fingerprint density at radius 3 is 2.81 bits per heavy atom. The second-order valence-corrected chi connectivity index (χ2v) is 3.53. The molecule has 1 amide bonds. The zero-order valence-electron chi connectivity index (χ0n) is 9.33. The van der Waals surface area contributed by atoms with E-state index in [2.05, 4.69) is 5.10 Å². The maximum atomic E-state index is 11.1. The number of nitrogens with zero attached hydrogens (tertiary/aromatic N) is 3. The molecule has 1 heterocycles. The van der Waals surface area contributed by atoms with Crippen molar-refractivity contribution in [1.82, 2.24) is 14.7 Å². The van der Waals surface area contributed by atoms with Gasteiger partial charge < -0.3 is 10.0 Å². The van der Waals surface area contributed by atoms with E-state index in [4.69, 9.17) is 5.11 Å². The van der Waals surface area contributed by atoms with Crippen LogP contribution in [0.15, 0.2) is 12.4 Å². The monoisotopic (exact) mass is 225 g/mol. The fraction of sp³-hybridized carbons (Fsp3) is 0.500. The van der Waals surface area contributed by atoms with Crippen molar-refractivity contribution in [3.8, 4) is 0 Å². The molecule has 0 aromatic carbocycles. The van der Waals surface area contributed by atoms with Gasteiger partial charge in [-0.25, -0.2) is 4.79 Å². The van der Waals surface area contributed by atoms with Gasteiger partial charge in [-0.3, -0.25) is 9.48 Å². The Kier molecular flexibility index (Phi) is 4.04. The van der Waals surface area contributed by atoms with Gasteiger partial charge in [0.1, 0.15) is 0 Å². The van der Waals surface area contributed by atoms with Crippen molar-refractivity contribution < 1.29 is 14.7 Å². The number of carbonyl (C=O) groups excluding carboxylic acids is 1. The summed E-state index contributed by atoms with van der Waals surface area (Å²) in [6, 6.07) is -0.953. The van der Waals surface area contributed by atoms with Crippen molar-refractivity contribution in [3.63, 3.8) is 0 Å². The number of amides is 1. The average Bonchev–Trinajstić information content (AvgIpc) is 2.63. The molecule has 0 saturated carbocycles. The minimum Gasteiger partial charge on any atom is -0.479 e. The Morgan fingerprint density at radius 2 is 2.44 bits per heavy atom. The molecule has 0 aliphatic rings. The number of carboxylic acid groups (broad SMARTS) is 1. The van der Waals surface area contributed by atoms with E-state index >= 15 is 0 Å². The molecule has 0 saturated heterocycles. The molecule has 6 heteroatoms. The van der Waals surface area contributed by atoms with Gasteiger partial charge in [-0.05, 0) is 6.42 Å². The van der Waals surface area contributed by atoms with E-state index in [1.165, 1.54) is 15.8 Å². The second-order valence-electron chi connectivity index (χ2n) is 3.53. The number of carbonyl (C=O) groups is 2. The third-order valence-corrected chi connectivity index (χ3v) is 2.22. The summed E-state index contributed by atoms with van der Waals surface area (Å²) in [6.07, 6.45) is 4.34. The summed E-state index contributed by atoms with van der Waals surface area (Å²) in [6.45, 7) is 2.30. The molecule has 1 aromatic rings. The first-order valence-electron chi connectivity index (χ1n) is 5.02. The molecule has 0 aliphatic heterocycles. The van der Waals surface area contributed by atoms with Crippen molar-refractivity contribution >= 4 is 12.4 Å². The molecule has 1 rings (SSSR count). The quantitative estimate of drug-likeness (QED) is 0.712. The summed E-state index contributed by atoms with van der Waals surface area (Å²) in [5.74, 6) is -1.05. The molecule has 1 N–H and O–H groups in total. The van der Waals surface area contributed by atoms with Crippen LogP contribution >= 0.6 is 0 Å². The molecule has 1 unspecified atom stereocenters. The Bertz CT molecular complexity index is 375. The lowest BCUT2D eigenvalue weighted by atomic mass is 10.1. The van der Waals surface area contributed by atoms with E-state index in [9.17, 15) is 9.59 Å². The number of rotatable bonds is 6. The molecule has 1 aromatic heterocycles. The van der Waals surface area contributed by atoms with Gasteiger partial charge in [0.15, 0.2) is 6.04 Å². The molecule has 16 heavy (non-hydrogen) atoms. The average molecular weight is 225 g/mol. The fourth-order valence-electron chi connectivity index (χ4n) is 1.56. The highest BCUT2D eigenvalue weighted by Crippen LogP contribution is 2.19. The smallest absolute Gasteiger partial charge is 0.331 e. The van der Waals surface area contributed by atoms with Crippen molar-refractivity contribution in [2.45, 2.75) is 19.4 Å². The number of carboxylic acids is 1. The fourth-order valence-corrected chi connectivity index (χ4v) is 1.56. The zero-order valence-corrected chi connectivity index (χ0v) is 9.33. The number of aromatic nitrogens is 2. The van der Waals surface area contributed by atoms with Crippen LogP contribution in [-0.2, 0) is 16.6 Å². The van der Waals surface area contributed by atoms with Crippen molar-refractivity contribution in [1.29, 1.82) is 0 Å². The largest absolute Gasteiger partial charge is 0.479 e. The Hall–Kier alpha value is -1.85. The lowest BCUT2D eigenvalue weighted by Gasteiger charge is -2.23. The highest BCUT2D eigenvalue weighted by Gasteiger charge is 2.26. The van der Waals surface area contributed by atoms with Crippen LogP contribution in [0, 0.1) is 0 Å². The Morgan fingerprint density at radius 1 is 1.75 bits per heavy atom. The topological polar surface area (TPSA) is 75.4 Å². The molecule has 0 spiro atoms. The van der Waals surface area contributed by atoms with Crippen LogP contribution in [0.1, 0.15) is 24.9 Å². The van der Waals surface area contributed by atoms with E-state index in [0.717, 1.165) is 0 Å². The van der Waals surface area contributed by atoms with E-state index in [1.54, 1.807) is 13.2 Å².